The van der Waals surface area contributed by atoms with Gasteiger partial charge in [-0.05, 0) is 0 Å². The molecule has 1 N–H and O–H groups in total. The van der Waals surface area contributed by atoms with Gasteiger partial charge in [-0.15, -0.1) is 0 Å². The molecule has 0 bridgehead atoms. The molecule has 0 aliphatic carbocycles. The summed E-state index contributed by atoms with van der Waals surface area (Å²) in [5.41, 5.74) is 0. The van der Waals surface area contributed by atoms with E-state index in [1.807, 2.05) is 0 Å². The van der Waals surface area contributed by atoms with Crippen molar-refractivity contribution in [3.05, 3.63) is 0 Å². The zero-order valence-electron chi connectivity index (χ0n) is 7.69. The number of β-amino-alcohol motifs (C(OH)–C–C–N with tert-alkyl or cyclic N) is 1. The Morgan fingerprint density at radius 2 is 2.15 bits per heavy atom. The Morgan fingerprint density at radius 3 is 2.62 bits per heavy atom. The van der Waals surface area contributed by atoms with Gasteiger partial charge in [0, 0.05) is 19.9 Å². The summed E-state index contributed by atoms with van der Waals surface area (Å²) in [5.74, 6) is -0.682. The van der Waals surface area contributed by atoms with E-state index in [1.54, 1.807) is 0 Å². The lowest BCUT2D eigenvalue weighted by atomic mass is 10.2. The van der Waals surface area contributed by atoms with Crippen molar-refractivity contribution < 1.29 is 19.4 Å². The van der Waals surface area contributed by atoms with Crippen LogP contribution < -0.4 is 0 Å². The number of amides is 1. The third-order valence-corrected chi connectivity index (χ3v) is 2.16. The van der Waals surface area contributed by atoms with Crippen LogP contribution in [0.1, 0.15) is 13.3 Å². The summed E-state index contributed by atoms with van der Waals surface area (Å²) in [7, 11) is 1.27. The normalized spacial score (nSPS) is 27.5. The Bertz CT molecular complexity index is 228. The predicted octanol–water partition coefficient (Wildman–Crippen LogP) is -0.859. The summed E-state index contributed by atoms with van der Waals surface area (Å²) in [5, 5.41) is 9.26. The third-order valence-electron chi connectivity index (χ3n) is 2.16. The van der Waals surface area contributed by atoms with Crippen LogP contribution in [0.15, 0.2) is 0 Å². The molecule has 1 amide bonds. The van der Waals surface area contributed by atoms with E-state index in [1.165, 1.54) is 18.9 Å². The first-order chi connectivity index (χ1) is 6.06. The van der Waals surface area contributed by atoms with Gasteiger partial charge in [0.25, 0.3) is 0 Å². The molecule has 5 nitrogen and oxygen atoms in total. The number of carbonyl (C=O) groups excluding carboxylic acids is 2. The molecule has 0 saturated carbocycles. The van der Waals surface area contributed by atoms with Crippen molar-refractivity contribution in [1.29, 1.82) is 0 Å². The average molecular weight is 187 g/mol. The number of rotatable bonds is 1. The second kappa shape index (κ2) is 3.74. The van der Waals surface area contributed by atoms with Gasteiger partial charge >= 0.3 is 5.97 Å². The van der Waals surface area contributed by atoms with Gasteiger partial charge in [-0.25, -0.2) is 4.79 Å². The number of likely N-dealkylation sites (tertiary alicyclic amines) is 1. The molecule has 13 heavy (non-hydrogen) atoms. The van der Waals surface area contributed by atoms with E-state index in [0.717, 1.165) is 0 Å². The highest BCUT2D eigenvalue weighted by atomic mass is 16.5. The first kappa shape index (κ1) is 9.98. The van der Waals surface area contributed by atoms with Crippen LogP contribution in [0.3, 0.4) is 0 Å². The van der Waals surface area contributed by atoms with Gasteiger partial charge in [0.15, 0.2) is 0 Å². The molecule has 1 rings (SSSR count). The quantitative estimate of drug-likeness (QED) is 0.542. The van der Waals surface area contributed by atoms with E-state index in [2.05, 4.69) is 4.74 Å². The zero-order valence-corrected chi connectivity index (χ0v) is 7.69. The third kappa shape index (κ3) is 1.98. The molecule has 1 fully saturated rings. The van der Waals surface area contributed by atoms with Crippen molar-refractivity contribution in [2.45, 2.75) is 25.5 Å². The van der Waals surface area contributed by atoms with Crippen LogP contribution in [-0.2, 0) is 14.3 Å². The highest BCUT2D eigenvalue weighted by molar-refractivity contribution is 5.84. The Labute approximate surface area is 76.3 Å². The molecule has 1 saturated heterocycles. The number of hydrogen-bond acceptors (Lipinski definition) is 4. The maximum absolute atomic E-state index is 11.1. The van der Waals surface area contributed by atoms with Crippen LogP contribution >= 0.6 is 0 Å². The van der Waals surface area contributed by atoms with Gasteiger partial charge in [-0.2, -0.15) is 0 Å². The summed E-state index contributed by atoms with van der Waals surface area (Å²) in [4.78, 5) is 23.5. The molecule has 2 atom stereocenters. The van der Waals surface area contributed by atoms with Gasteiger partial charge in [0.1, 0.15) is 6.04 Å². The van der Waals surface area contributed by atoms with E-state index in [4.69, 9.17) is 0 Å². The number of carbonyl (C=O) groups is 2. The lowest BCUT2D eigenvalue weighted by Gasteiger charge is -2.20. The summed E-state index contributed by atoms with van der Waals surface area (Å²) >= 11 is 0. The molecule has 0 unspecified atom stereocenters. The van der Waals surface area contributed by atoms with Crippen LogP contribution in [-0.4, -0.2) is 47.7 Å². The van der Waals surface area contributed by atoms with Gasteiger partial charge < -0.3 is 14.7 Å². The summed E-state index contributed by atoms with van der Waals surface area (Å²) in [6, 6.07) is -0.613. The molecule has 0 aromatic rings. The smallest absolute Gasteiger partial charge is 0.328 e. The van der Waals surface area contributed by atoms with Crippen molar-refractivity contribution >= 4 is 11.9 Å². The number of aliphatic hydroxyl groups is 1. The average Bonchev–Trinajstić information content (AvgIpc) is 2.46. The molecule has 1 aliphatic heterocycles. The number of ether oxygens (including phenoxy) is 1. The van der Waals surface area contributed by atoms with Gasteiger partial charge in [-0.1, -0.05) is 0 Å². The number of hydrogen-bond donors (Lipinski definition) is 1. The summed E-state index contributed by atoms with van der Waals surface area (Å²) in [6.45, 7) is 1.59. The fraction of sp³-hybridized carbons (Fsp3) is 0.750. The van der Waals surface area contributed by atoms with Crippen LogP contribution in [0.4, 0.5) is 0 Å². The minimum Gasteiger partial charge on any atom is -0.467 e. The fourth-order valence-electron chi connectivity index (χ4n) is 1.52. The number of methoxy groups -OCH3 is 1. The minimum atomic E-state index is -0.618. The lowest BCUT2D eigenvalue weighted by Crippen LogP contribution is -2.39. The van der Waals surface area contributed by atoms with Crippen molar-refractivity contribution in [3.63, 3.8) is 0 Å². The molecular weight excluding hydrogens is 174 g/mol. The predicted molar refractivity (Wildman–Crippen MR) is 43.8 cm³/mol. The van der Waals surface area contributed by atoms with Crippen molar-refractivity contribution in [2.24, 2.45) is 0 Å². The highest BCUT2D eigenvalue weighted by Crippen LogP contribution is 2.18. The minimum absolute atomic E-state index is 0.216. The number of esters is 1. The second-order valence-corrected chi connectivity index (χ2v) is 3.10. The Balaban J connectivity index is 2.71. The second-order valence-electron chi connectivity index (χ2n) is 3.10. The Hall–Kier alpha value is -1.10. The highest BCUT2D eigenvalue weighted by Gasteiger charge is 2.37. The Morgan fingerprint density at radius 1 is 1.54 bits per heavy atom. The number of aliphatic hydroxyl groups excluding tert-OH is 1. The molecular formula is C8H13NO4. The van der Waals surface area contributed by atoms with Crippen LogP contribution in [0.2, 0.25) is 0 Å². The topological polar surface area (TPSA) is 66.8 Å². The van der Waals surface area contributed by atoms with Gasteiger partial charge in [-0.3, -0.25) is 4.79 Å². The SMILES string of the molecule is COC(=O)[C@H]1C[C@@H](O)CN1C(C)=O. The van der Waals surface area contributed by atoms with Crippen molar-refractivity contribution in [3.8, 4) is 0 Å². The van der Waals surface area contributed by atoms with Crippen molar-refractivity contribution in [2.75, 3.05) is 13.7 Å². The van der Waals surface area contributed by atoms with E-state index in [0.29, 0.717) is 0 Å². The largest absolute Gasteiger partial charge is 0.467 e. The monoisotopic (exact) mass is 187 g/mol. The first-order valence-electron chi connectivity index (χ1n) is 4.09. The standard InChI is InChI=1S/C8H13NO4/c1-5(10)9-4-6(11)3-7(9)8(12)13-2/h6-7,11H,3-4H2,1-2H3/t6-,7-/m1/s1. The fourth-order valence-corrected chi connectivity index (χ4v) is 1.52. The molecule has 0 aromatic heterocycles. The zero-order chi connectivity index (χ0) is 10.0. The van der Waals surface area contributed by atoms with E-state index in [-0.39, 0.29) is 18.9 Å². The summed E-state index contributed by atoms with van der Waals surface area (Å²) in [6.07, 6.45) is -0.347. The molecule has 0 spiro atoms. The molecule has 1 heterocycles. The maximum Gasteiger partial charge on any atom is 0.328 e. The molecule has 0 aromatic carbocycles. The molecule has 1 aliphatic rings. The van der Waals surface area contributed by atoms with Gasteiger partial charge in [0.05, 0.1) is 13.2 Å². The van der Waals surface area contributed by atoms with Crippen LogP contribution in [0.5, 0.6) is 0 Å². The first-order valence-corrected chi connectivity index (χ1v) is 4.09. The molecule has 0 radical (unpaired) electrons. The summed E-state index contributed by atoms with van der Waals surface area (Å²) < 4.78 is 4.52. The number of nitrogens with zero attached hydrogens (tertiary/aromatic N) is 1. The van der Waals surface area contributed by atoms with Gasteiger partial charge in [0.2, 0.25) is 5.91 Å². The molecule has 5 heteroatoms. The Kier molecular flexibility index (Phi) is 2.87. The van der Waals surface area contributed by atoms with E-state index in [9.17, 15) is 14.7 Å². The lowest BCUT2D eigenvalue weighted by molar-refractivity contribution is -0.150. The van der Waals surface area contributed by atoms with Crippen molar-refractivity contribution in [1.82, 2.24) is 4.90 Å². The maximum atomic E-state index is 11.1. The van der Waals surface area contributed by atoms with Crippen LogP contribution in [0.25, 0.3) is 0 Å². The van der Waals surface area contributed by atoms with E-state index >= 15 is 0 Å². The molecule has 74 valence electrons. The van der Waals surface area contributed by atoms with Crippen LogP contribution in [0, 0.1) is 0 Å². The van der Waals surface area contributed by atoms with E-state index < -0.39 is 18.1 Å².